The van der Waals surface area contributed by atoms with Gasteiger partial charge in [0.15, 0.2) is 0 Å². The third-order valence-electron chi connectivity index (χ3n) is 1.05. The number of hydrogen-bond donors (Lipinski definition) is 0. The molecule has 0 radical (unpaired) electrons. The molecule has 0 aliphatic rings. The zero-order valence-corrected chi connectivity index (χ0v) is 7.35. The maximum absolute atomic E-state index is 5.73. The van der Waals surface area contributed by atoms with E-state index in [1.54, 1.807) is 12.1 Å². The minimum Gasteiger partial charge on any atom is -0.0756 e. The molecule has 0 atom stereocenters. The molecule has 3 heteroatoms. The van der Waals surface area contributed by atoms with Crippen LogP contribution in [0.25, 0.3) is 4.85 Å². The predicted molar refractivity (Wildman–Crippen MR) is 47.1 cm³/mol. The van der Waals surface area contributed by atoms with E-state index >= 15 is 0 Å². The second kappa shape index (κ2) is 3.05. The SMILES string of the molecule is C#[N+]c1ccc(Br)cc1Cl. The molecule has 0 aliphatic heterocycles. The Morgan fingerprint density at radius 1 is 1.50 bits per heavy atom. The van der Waals surface area contributed by atoms with Gasteiger partial charge in [-0.15, -0.1) is 0 Å². The van der Waals surface area contributed by atoms with Crippen molar-refractivity contribution < 1.29 is 0 Å². The van der Waals surface area contributed by atoms with E-state index in [2.05, 4.69) is 20.8 Å². The monoisotopic (exact) mass is 216 g/mol. The lowest BCUT2D eigenvalue weighted by Gasteiger charge is -1.86. The summed E-state index contributed by atoms with van der Waals surface area (Å²) in [7, 11) is 0. The third kappa shape index (κ3) is 1.50. The van der Waals surface area contributed by atoms with Gasteiger partial charge in [0.05, 0.1) is 0 Å². The van der Waals surface area contributed by atoms with Crippen LogP contribution in [0.5, 0.6) is 0 Å². The zero-order valence-electron chi connectivity index (χ0n) is 5.01. The number of hydrogen-bond acceptors (Lipinski definition) is 0. The Hall–Kier alpha value is -0.520. The van der Waals surface area contributed by atoms with Crippen LogP contribution in [-0.2, 0) is 0 Å². The van der Waals surface area contributed by atoms with Crippen LogP contribution in [0.2, 0.25) is 5.02 Å². The topological polar surface area (TPSA) is 4.36 Å². The summed E-state index contributed by atoms with van der Waals surface area (Å²) < 4.78 is 0.921. The van der Waals surface area contributed by atoms with Gasteiger partial charge >= 0.3 is 5.69 Å². The van der Waals surface area contributed by atoms with E-state index in [1.807, 2.05) is 6.07 Å². The lowest BCUT2D eigenvalue weighted by Crippen LogP contribution is -1.65. The van der Waals surface area contributed by atoms with Crippen LogP contribution in [0.3, 0.4) is 0 Å². The summed E-state index contributed by atoms with van der Waals surface area (Å²) in [4.78, 5) is 3.46. The summed E-state index contributed by atoms with van der Waals surface area (Å²) >= 11 is 8.98. The fourth-order valence-corrected chi connectivity index (χ4v) is 1.31. The largest absolute Gasteiger partial charge is 0.358 e. The Morgan fingerprint density at radius 3 is 2.70 bits per heavy atom. The Balaban J connectivity index is 3.23. The van der Waals surface area contributed by atoms with Crippen LogP contribution in [0, 0.1) is 6.57 Å². The Bertz CT molecular complexity index is 290. The molecule has 0 saturated heterocycles. The first kappa shape index (κ1) is 7.59. The molecule has 10 heavy (non-hydrogen) atoms. The van der Waals surface area contributed by atoms with Crippen molar-refractivity contribution in [3.8, 4) is 6.57 Å². The molecule has 0 N–H and O–H groups in total. The van der Waals surface area contributed by atoms with Gasteiger partial charge in [-0.25, -0.2) is 0 Å². The van der Waals surface area contributed by atoms with Crippen molar-refractivity contribution in [3.63, 3.8) is 0 Å². The molecule has 1 rings (SSSR count). The van der Waals surface area contributed by atoms with Gasteiger partial charge in [0.1, 0.15) is 5.02 Å². The molecule has 0 unspecified atom stereocenters. The molecule has 0 saturated carbocycles. The summed E-state index contributed by atoms with van der Waals surface area (Å²) in [6, 6.07) is 5.32. The van der Waals surface area contributed by atoms with Gasteiger partial charge in [0.2, 0.25) is 0 Å². The smallest absolute Gasteiger partial charge is 0.0756 e. The fraction of sp³-hybridized carbons (Fsp3) is 0. The average molecular weight is 217 g/mol. The van der Waals surface area contributed by atoms with E-state index in [1.165, 1.54) is 0 Å². The Morgan fingerprint density at radius 2 is 2.20 bits per heavy atom. The minimum atomic E-state index is 0.553. The quantitative estimate of drug-likeness (QED) is 0.624. The van der Waals surface area contributed by atoms with Crippen LogP contribution in [0.4, 0.5) is 5.69 Å². The molecule has 1 aromatic carbocycles. The molecular weight excluding hydrogens is 213 g/mol. The van der Waals surface area contributed by atoms with Crippen LogP contribution < -0.4 is 0 Å². The zero-order chi connectivity index (χ0) is 7.56. The van der Waals surface area contributed by atoms with Gasteiger partial charge in [-0.05, 0) is 17.0 Å². The van der Waals surface area contributed by atoms with Gasteiger partial charge in [-0.2, -0.15) is 0 Å². The maximum Gasteiger partial charge on any atom is 0.358 e. The van der Waals surface area contributed by atoms with Crippen molar-refractivity contribution in [1.29, 1.82) is 0 Å². The molecule has 0 spiro atoms. The van der Waals surface area contributed by atoms with E-state index < -0.39 is 0 Å². The maximum atomic E-state index is 5.73. The lowest BCUT2D eigenvalue weighted by molar-refractivity contribution is 1.66. The van der Waals surface area contributed by atoms with Crippen LogP contribution in [0.1, 0.15) is 0 Å². The first-order valence-electron chi connectivity index (χ1n) is 2.60. The van der Waals surface area contributed by atoms with Gasteiger partial charge < -0.3 is 0 Å². The second-order valence-electron chi connectivity index (χ2n) is 1.72. The Labute approximate surface area is 72.6 Å². The molecule has 1 nitrogen and oxygen atoms in total. The first-order valence-corrected chi connectivity index (χ1v) is 3.77. The normalized spacial score (nSPS) is 8.90. The second-order valence-corrected chi connectivity index (χ2v) is 3.05. The van der Waals surface area contributed by atoms with E-state index in [4.69, 9.17) is 18.2 Å². The summed E-state index contributed by atoms with van der Waals surface area (Å²) in [6.07, 6.45) is 0. The van der Waals surface area contributed by atoms with Crippen molar-refractivity contribution in [3.05, 3.63) is 32.5 Å². The van der Waals surface area contributed by atoms with Crippen molar-refractivity contribution >= 4 is 33.2 Å². The van der Waals surface area contributed by atoms with Gasteiger partial charge in [-0.1, -0.05) is 27.5 Å². The number of rotatable bonds is 0. The van der Waals surface area contributed by atoms with Crippen molar-refractivity contribution in [2.24, 2.45) is 0 Å². The van der Waals surface area contributed by atoms with E-state index in [0.717, 1.165) is 4.47 Å². The molecule has 0 bridgehead atoms. The van der Waals surface area contributed by atoms with E-state index in [9.17, 15) is 0 Å². The molecule has 0 aromatic heterocycles. The molecule has 0 aliphatic carbocycles. The van der Waals surface area contributed by atoms with E-state index in [0.29, 0.717) is 10.7 Å². The van der Waals surface area contributed by atoms with E-state index in [-0.39, 0.29) is 0 Å². The summed E-state index contributed by atoms with van der Waals surface area (Å²) in [5.74, 6) is 0. The number of halogens is 2. The minimum absolute atomic E-state index is 0.553. The number of benzene rings is 1. The van der Waals surface area contributed by atoms with Crippen molar-refractivity contribution in [2.45, 2.75) is 0 Å². The van der Waals surface area contributed by atoms with Crippen molar-refractivity contribution in [1.82, 2.24) is 0 Å². The lowest BCUT2D eigenvalue weighted by atomic mass is 10.3. The summed E-state index contributed by atoms with van der Waals surface area (Å²) in [5, 5.41) is 0.553. The molecule has 0 amide bonds. The van der Waals surface area contributed by atoms with Crippen LogP contribution in [0.15, 0.2) is 22.7 Å². The van der Waals surface area contributed by atoms with Crippen LogP contribution >= 0.6 is 27.5 Å². The predicted octanol–water partition coefficient (Wildman–Crippen LogP) is 3.70. The molecule has 0 fully saturated rings. The summed E-state index contributed by atoms with van der Waals surface area (Å²) in [6.45, 7) is 5.03. The first-order chi connectivity index (χ1) is 4.74. The van der Waals surface area contributed by atoms with Crippen molar-refractivity contribution in [2.75, 3.05) is 0 Å². The highest BCUT2D eigenvalue weighted by Crippen LogP contribution is 2.27. The number of nitrogens with zero attached hydrogens (tertiary/aromatic N) is 1. The van der Waals surface area contributed by atoms with Gasteiger partial charge in [0, 0.05) is 10.5 Å². The highest BCUT2D eigenvalue weighted by molar-refractivity contribution is 9.10. The van der Waals surface area contributed by atoms with Crippen LogP contribution in [-0.4, -0.2) is 0 Å². The van der Waals surface area contributed by atoms with Gasteiger partial charge in [-0.3, -0.25) is 0 Å². The van der Waals surface area contributed by atoms with Gasteiger partial charge in [0.25, 0.3) is 6.57 Å². The molecular formula is C7H4BrClN+. The summed E-state index contributed by atoms with van der Waals surface area (Å²) in [5.41, 5.74) is 0.602. The highest BCUT2D eigenvalue weighted by Gasteiger charge is 2.06. The molecule has 1 aromatic rings. The standard InChI is InChI=1S/C7H4BrClN/c1-10-7-3-2-5(8)4-6(7)9/h1-4H/q+1. The molecule has 0 heterocycles. The molecule has 50 valence electrons. The highest BCUT2D eigenvalue weighted by atomic mass is 79.9. The third-order valence-corrected chi connectivity index (χ3v) is 1.84. The Kier molecular flexibility index (Phi) is 2.31. The fourth-order valence-electron chi connectivity index (χ4n) is 0.586. The average Bonchev–Trinajstić information content (AvgIpc) is 1.88.